The highest BCUT2D eigenvalue weighted by atomic mass is 79.9. The zero-order chi connectivity index (χ0) is 11.5. The number of hydrogen-bond acceptors (Lipinski definition) is 2. The van der Waals surface area contributed by atoms with E-state index in [2.05, 4.69) is 15.9 Å². The normalized spacial score (nSPS) is 12.7. The van der Waals surface area contributed by atoms with E-state index in [1.165, 1.54) is 12.1 Å². The Bertz CT molecular complexity index is 450. The summed E-state index contributed by atoms with van der Waals surface area (Å²) in [6.45, 7) is 0. The van der Waals surface area contributed by atoms with Gasteiger partial charge in [0.2, 0.25) is 0 Å². The molecule has 2 nitrogen and oxygen atoms in total. The maximum atomic E-state index is 13.1. The van der Waals surface area contributed by atoms with Gasteiger partial charge in [-0.25, -0.2) is 4.39 Å². The largest absolute Gasteiger partial charge is 0.468 e. The van der Waals surface area contributed by atoms with E-state index in [1.807, 2.05) is 12.1 Å². The van der Waals surface area contributed by atoms with E-state index < -0.39 is 0 Å². The van der Waals surface area contributed by atoms with Crippen molar-refractivity contribution in [2.45, 2.75) is 12.5 Å². The van der Waals surface area contributed by atoms with Crippen molar-refractivity contribution >= 4 is 15.9 Å². The molecule has 1 atom stereocenters. The number of halogens is 2. The summed E-state index contributed by atoms with van der Waals surface area (Å²) in [4.78, 5) is 0. The second-order valence-electron chi connectivity index (χ2n) is 3.60. The zero-order valence-corrected chi connectivity index (χ0v) is 10.1. The van der Waals surface area contributed by atoms with E-state index in [0.717, 1.165) is 5.56 Å². The standard InChI is InChI=1S/C12H11BrFNO/c13-9-4-8(5-10(14)7-9)6-11(15)12-2-1-3-16-12/h1-5,7,11H,6,15H2. The quantitative estimate of drug-likeness (QED) is 0.938. The molecule has 0 saturated carbocycles. The second kappa shape index (κ2) is 4.80. The van der Waals surface area contributed by atoms with Crippen molar-refractivity contribution in [1.29, 1.82) is 0 Å². The van der Waals surface area contributed by atoms with Crippen LogP contribution in [0, 0.1) is 5.82 Å². The molecule has 2 aromatic rings. The van der Waals surface area contributed by atoms with Gasteiger partial charge in [0.15, 0.2) is 0 Å². The molecule has 0 bridgehead atoms. The van der Waals surface area contributed by atoms with Crippen LogP contribution in [0.15, 0.2) is 45.5 Å². The van der Waals surface area contributed by atoms with Gasteiger partial charge in [0.05, 0.1) is 12.3 Å². The minimum Gasteiger partial charge on any atom is -0.468 e. The van der Waals surface area contributed by atoms with Crippen LogP contribution in [0.25, 0.3) is 0 Å². The third-order valence-electron chi connectivity index (χ3n) is 2.29. The predicted molar refractivity (Wildman–Crippen MR) is 63.4 cm³/mol. The Labute approximate surface area is 101 Å². The van der Waals surface area contributed by atoms with Crippen LogP contribution in [-0.2, 0) is 6.42 Å². The number of rotatable bonds is 3. The molecular weight excluding hydrogens is 273 g/mol. The SMILES string of the molecule is NC(Cc1cc(F)cc(Br)c1)c1ccco1. The summed E-state index contributed by atoms with van der Waals surface area (Å²) in [5.41, 5.74) is 6.78. The lowest BCUT2D eigenvalue weighted by Gasteiger charge is -2.09. The average Bonchev–Trinajstić information content (AvgIpc) is 2.68. The first-order chi connectivity index (χ1) is 7.65. The van der Waals surface area contributed by atoms with E-state index in [9.17, 15) is 4.39 Å². The van der Waals surface area contributed by atoms with Crippen LogP contribution in [0.3, 0.4) is 0 Å². The summed E-state index contributed by atoms with van der Waals surface area (Å²) in [7, 11) is 0. The molecule has 16 heavy (non-hydrogen) atoms. The number of benzene rings is 1. The molecule has 0 saturated heterocycles. The van der Waals surface area contributed by atoms with Crippen LogP contribution in [0.4, 0.5) is 4.39 Å². The molecule has 0 radical (unpaired) electrons. The molecule has 1 heterocycles. The summed E-state index contributed by atoms with van der Waals surface area (Å²) < 4.78 is 19.0. The maximum absolute atomic E-state index is 13.1. The summed E-state index contributed by atoms with van der Waals surface area (Å²) >= 11 is 3.25. The molecule has 0 spiro atoms. The van der Waals surface area contributed by atoms with Crippen LogP contribution in [-0.4, -0.2) is 0 Å². The summed E-state index contributed by atoms with van der Waals surface area (Å²) in [5, 5.41) is 0. The molecule has 2 rings (SSSR count). The number of hydrogen-bond donors (Lipinski definition) is 1. The van der Waals surface area contributed by atoms with Crippen LogP contribution in [0.1, 0.15) is 17.4 Å². The van der Waals surface area contributed by atoms with Crippen molar-refractivity contribution in [3.05, 3.63) is 58.2 Å². The van der Waals surface area contributed by atoms with E-state index in [-0.39, 0.29) is 11.9 Å². The summed E-state index contributed by atoms with van der Waals surface area (Å²) in [6.07, 6.45) is 2.13. The minimum absolute atomic E-state index is 0.247. The smallest absolute Gasteiger partial charge is 0.124 e. The lowest BCUT2D eigenvalue weighted by molar-refractivity contribution is 0.464. The first-order valence-electron chi connectivity index (χ1n) is 4.89. The second-order valence-corrected chi connectivity index (χ2v) is 4.52. The maximum Gasteiger partial charge on any atom is 0.124 e. The Morgan fingerprint density at radius 2 is 2.19 bits per heavy atom. The van der Waals surface area contributed by atoms with Gasteiger partial charge in [0.1, 0.15) is 11.6 Å². The molecule has 0 fully saturated rings. The highest BCUT2D eigenvalue weighted by Gasteiger charge is 2.10. The van der Waals surface area contributed by atoms with Gasteiger partial charge in [-0.05, 0) is 42.3 Å². The molecule has 0 amide bonds. The Morgan fingerprint density at radius 3 is 2.81 bits per heavy atom. The fourth-order valence-corrected chi connectivity index (χ4v) is 2.10. The van der Waals surface area contributed by atoms with Crippen LogP contribution >= 0.6 is 15.9 Å². The van der Waals surface area contributed by atoms with Gasteiger partial charge in [-0.15, -0.1) is 0 Å². The monoisotopic (exact) mass is 283 g/mol. The van der Waals surface area contributed by atoms with Gasteiger partial charge >= 0.3 is 0 Å². The summed E-state index contributed by atoms with van der Waals surface area (Å²) in [6, 6.07) is 8.11. The van der Waals surface area contributed by atoms with E-state index in [0.29, 0.717) is 16.7 Å². The number of furan rings is 1. The predicted octanol–water partition coefficient (Wildman–Crippen LogP) is 3.42. The Morgan fingerprint density at radius 1 is 1.38 bits per heavy atom. The molecule has 84 valence electrons. The van der Waals surface area contributed by atoms with Crippen molar-refractivity contribution in [3.8, 4) is 0 Å². The Balaban J connectivity index is 2.15. The van der Waals surface area contributed by atoms with Crippen molar-refractivity contribution in [1.82, 2.24) is 0 Å². The molecule has 1 unspecified atom stereocenters. The molecule has 0 aliphatic heterocycles. The highest BCUT2D eigenvalue weighted by Crippen LogP contribution is 2.20. The lowest BCUT2D eigenvalue weighted by Crippen LogP contribution is -2.12. The first-order valence-corrected chi connectivity index (χ1v) is 5.68. The fraction of sp³-hybridized carbons (Fsp3) is 0.167. The molecule has 4 heteroatoms. The highest BCUT2D eigenvalue weighted by molar-refractivity contribution is 9.10. The van der Waals surface area contributed by atoms with Crippen LogP contribution in [0.5, 0.6) is 0 Å². The van der Waals surface area contributed by atoms with Gasteiger partial charge in [-0.1, -0.05) is 15.9 Å². The van der Waals surface area contributed by atoms with E-state index in [4.69, 9.17) is 10.2 Å². The van der Waals surface area contributed by atoms with Gasteiger partial charge < -0.3 is 10.2 Å². The number of nitrogens with two attached hydrogens (primary N) is 1. The van der Waals surface area contributed by atoms with E-state index >= 15 is 0 Å². The third kappa shape index (κ3) is 2.71. The third-order valence-corrected chi connectivity index (χ3v) is 2.74. The van der Waals surface area contributed by atoms with Gasteiger partial charge in [-0.2, -0.15) is 0 Å². The molecule has 1 aromatic heterocycles. The molecule has 1 aromatic carbocycles. The van der Waals surface area contributed by atoms with Crippen LogP contribution in [0.2, 0.25) is 0 Å². The van der Waals surface area contributed by atoms with Crippen molar-refractivity contribution in [3.63, 3.8) is 0 Å². The zero-order valence-electron chi connectivity index (χ0n) is 8.49. The van der Waals surface area contributed by atoms with Gasteiger partial charge in [0.25, 0.3) is 0 Å². The van der Waals surface area contributed by atoms with Crippen LogP contribution < -0.4 is 5.73 Å². The topological polar surface area (TPSA) is 39.2 Å². The molecule has 2 N–H and O–H groups in total. The summed E-state index contributed by atoms with van der Waals surface area (Å²) in [5.74, 6) is 0.441. The van der Waals surface area contributed by atoms with Crippen molar-refractivity contribution in [2.24, 2.45) is 5.73 Å². The average molecular weight is 284 g/mol. The van der Waals surface area contributed by atoms with Crippen molar-refractivity contribution in [2.75, 3.05) is 0 Å². The van der Waals surface area contributed by atoms with Gasteiger partial charge in [-0.3, -0.25) is 0 Å². The van der Waals surface area contributed by atoms with Crippen molar-refractivity contribution < 1.29 is 8.81 Å². The molecular formula is C12H11BrFNO. The molecule has 0 aliphatic carbocycles. The Kier molecular flexibility index (Phi) is 3.41. The Hall–Kier alpha value is -1.13. The van der Waals surface area contributed by atoms with Gasteiger partial charge in [0, 0.05) is 4.47 Å². The lowest BCUT2D eigenvalue weighted by atomic mass is 10.0. The van der Waals surface area contributed by atoms with E-state index in [1.54, 1.807) is 12.3 Å². The minimum atomic E-state index is -0.268. The molecule has 0 aliphatic rings. The fourth-order valence-electron chi connectivity index (χ4n) is 1.59. The first kappa shape index (κ1) is 11.4.